The zero-order chi connectivity index (χ0) is 19.7. The highest BCUT2D eigenvalue weighted by Crippen LogP contribution is 2.31. The standard InChI is InChI=1S/C18H19F2N3O4/c1-10-4-2-3-5-14(10)23-17(26)16(25)22(18(23)27)9-15(24)21-13-7-6-11(19)8-12(13)20/h6-8,10,14H,2-5,9H2,1H3,(H,21,24)/t10-,14+/m0/s1. The number of benzene rings is 1. The maximum absolute atomic E-state index is 13.6. The molecule has 27 heavy (non-hydrogen) atoms. The Morgan fingerprint density at radius 3 is 2.52 bits per heavy atom. The van der Waals surface area contributed by atoms with Crippen LogP contribution in [0.5, 0.6) is 0 Å². The minimum absolute atomic E-state index is 0.0709. The van der Waals surface area contributed by atoms with E-state index in [-0.39, 0.29) is 17.6 Å². The molecule has 0 bridgehead atoms. The maximum atomic E-state index is 13.6. The first-order chi connectivity index (χ1) is 12.8. The number of anilines is 1. The molecular formula is C18H19F2N3O4. The molecule has 1 N–H and O–H groups in total. The van der Waals surface area contributed by atoms with E-state index >= 15 is 0 Å². The first kappa shape index (κ1) is 18.9. The highest BCUT2D eigenvalue weighted by molar-refractivity contribution is 6.45. The van der Waals surface area contributed by atoms with Crippen LogP contribution in [-0.4, -0.2) is 46.1 Å². The number of nitrogens with one attached hydrogen (secondary N) is 1. The average molecular weight is 379 g/mol. The van der Waals surface area contributed by atoms with Crippen LogP contribution in [-0.2, 0) is 14.4 Å². The summed E-state index contributed by atoms with van der Waals surface area (Å²) in [6.07, 6.45) is 3.31. The fraction of sp³-hybridized carbons (Fsp3) is 0.444. The van der Waals surface area contributed by atoms with Gasteiger partial charge in [-0.15, -0.1) is 0 Å². The number of carbonyl (C=O) groups excluding carboxylic acids is 4. The molecule has 2 atom stereocenters. The van der Waals surface area contributed by atoms with Crippen LogP contribution >= 0.6 is 0 Å². The molecule has 1 aromatic rings. The molecule has 1 saturated heterocycles. The van der Waals surface area contributed by atoms with Gasteiger partial charge in [-0.1, -0.05) is 19.8 Å². The summed E-state index contributed by atoms with van der Waals surface area (Å²) in [4.78, 5) is 50.6. The van der Waals surface area contributed by atoms with Crippen molar-refractivity contribution in [3.63, 3.8) is 0 Å². The normalized spacial score (nSPS) is 23.1. The second-order valence-corrected chi connectivity index (χ2v) is 6.85. The number of halogens is 2. The van der Waals surface area contributed by atoms with Crippen molar-refractivity contribution in [1.29, 1.82) is 0 Å². The molecule has 1 aliphatic heterocycles. The van der Waals surface area contributed by atoms with E-state index in [0.29, 0.717) is 17.4 Å². The topological polar surface area (TPSA) is 86.8 Å². The Labute approximate surface area is 154 Å². The van der Waals surface area contributed by atoms with Crippen LogP contribution < -0.4 is 5.32 Å². The number of nitrogens with zero attached hydrogens (tertiary/aromatic N) is 2. The second-order valence-electron chi connectivity index (χ2n) is 6.85. The van der Waals surface area contributed by atoms with E-state index in [1.54, 1.807) is 0 Å². The molecule has 0 radical (unpaired) electrons. The predicted octanol–water partition coefficient (Wildman–Crippen LogP) is 2.27. The van der Waals surface area contributed by atoms with E-state index in [2.05, 4.69) is 5.32 Å². The van der Waals surface area contributed by atoms with Gasteiger partial charge < -0.3 is 5.32 Å². The molecule has 1 aliphatic carbocycles. The summed E-state index contributed by atoms with van der Waals surface area (Å²) in [6.45, 7) is 1.19. The van der Waals surface area contributed by atoms with Crippen LogP contribution in [0.15, 0.2) is 18.2 Å². The van der Waals surface area contributed by atoms with Gasteiger partial charge in [0.2, 0.25) is 5.91 Å². The molecule has 1 saturated carbocycles. The fourth-order valence-electron chi connectivity index (χ4n) is 3.56. The summed E-state index contributed by atoms with van der Waals surface area (Å²) in [6, 6.07) is 1.37. The Hall–Kier alpha value is -2.84. The molecule has 1 aromatic carbocycles. The minimum atomic E-state index is -1.08. The van der Waals surface area contributed by atoms with Crippen molar-refractivity contribution in [2.45, 2.75) is 38.6 Å². The number of rotatable bonds is 4. The van der Waals surface area contributed by atoms with Gasteiger partial charge in [0.15, 0.2) is 0 Å². The maximum Gasteiger partial charge on any atom is 0.334 e. The van der Waals surface area contributed by atoms with Gasteiger partial charge in [0, 0.05) is 12.1 Å². The van der Waals surface area contributed by atoms with Crippen LogP contribution in [0.3, 0.4) is 0 Å². The lowest BCUT2D eigenvalue weighted by molar-refractivity contribution is -0.145. The monoisotopic (exact) mass is 379 g/mol. The van der Waals surface area contributed by atoms with Crippen molar-refractivity contribution >= 4 is 29.4 Å². The smallest absolute Gasteiger partial charge is 0.322 e. The van der Waals surface area contributed by atoms with Gasteiger partial charge in [-0.2, -0.15) is 0 Å². The van der Waals surface area contributed by atoms with E-state index < -0.39 is 41.9 Å². The van der Waals surface area contributed by atoms with Gasteiger partial charge >= 0.3 is 17.8 Å². The number of hydrogen-bond donors (Lipinski definition) is 1. The molecule has 2 aliphatic rings. The number of amides is 5. The highest BCUT2D eigenvalue weighted by Gasteiger charge is 2.49. The minimum Gasteiger partial charge on any atom is -0.322 e. The number of hydrogen-bond acceptors (Lipinski definition) is 4. The van der Waals surface area contributed by atoms with Crippen molar-refractivity contribution in [2.24, 2.45) is 5.92 Å². The van der Waals surface area contributed by atoms with Crippen molar-refractivity contribution in [2.75, 3.05) is 11.9 Å². The van der Waals surface area contributed by atoms with E-state index in [1.807, 2.05) is 6.92 Å². The van der Waals surface area contributed by atoms with E-state index in [4.69, 9.17) is 0 Å². The van der Waals surface area contributed by atoms with Gasteiger partial charge in [0.05, 0.1) is 5.69 Å². The van der Waals surface area contributed by atoms with Crippen LogP contribution in [0.1, 0.15) is 32.6 Å². The lowest BCUT2D eigenvalue weighted by atomic mass is 9.85. The quantitative estimate of drug-likeness (QED) is 0.642. The Morgan fingerprint density at radius 1 is 1.15 bits per heavy atom. The fourth-order valence-corrected chi connectivity index (χ4v) is 3.56. The van der Waals surface area contributed by atoms with E-state index in [0.717, 1.165) is 36.3 Å². The average Bonchev–Trinajstić information content (AvgIpc) is 2.82. The molecule has 144 valence electrons. The number of urea groups is 1. The summed E-state index contributed by atoms with van der Waals surface area (Å²) in [7, 11) is 0. The van der Waals surface area contributed by atoms with E-state index in [9.17, 15) is 28.0 Å². The summed E-state index contributed by atoms with van der Waals surface area (Å²) in [5.74, 6) is -4.61. The third-order valence-corrected chi connectivity index (χ3v) is 4.99. The van der Waals surface area contributed by atoms with Crippen LogP contribution in [0, 0.1) is 17.6 Å². The van der Waals surface area contributed by atoms with Crippen LogP contribution in [0.2, 0.25) is 0 Å². The summed E-state index contributed by atoms with van der Waals surface area (Å²) < 4.78 is 26.5. The van der Waals surface area contributed by atoms with Crippen molar-refractivity contribution in [3.05, 3.63) is 29.8 Å². The number of carbonyl (C=O) groups is 4. The zero-order valence-electron chi connectivity index (χ0n) is 14.7. The van der Waals surface area contributed by atoms with Gasteiger partial charge in [-0.25, -0.2) is 18.5 Å². The summed E-state index contributed by atoms with van der Waals surface area (Å²) in [5.41, 5.74) is -0.287. The lowest BCUT2D eigenvalue weighted by Crippen LogP contribution is -2.46. The number of imide groups is 2. The van der Waals surface area contributed by atoms with Gasteiger partial charge in [0.1, 0.15) is 18.2 Å². The van der Waals surface area contributed by atoms with Gasteiger partial charge in [-0.3, -0.25) is 19.3 Å². The third-order valence-electron chi connectivity index (χ3n) is 4.99. The SMILES string of the molecule is C[C@H]1CCCC[C@H]1N1C(=O)C(=O)N(CC(=O)Nc2ccc(F)cc2F)C1=O. The molecule has 1 heterocycles. The van der Waals surface area contributed by atoms with Gasteiger partial charge in [-0.05, 0) is 30.9 Å². The molecule has 9 heteroatoms. The lowest BCUT2D eigenvalue weighted by Gasteiger charge is -2.34. The Morgan fingerprint density at radius 2 is 1.85 bits per heavy atom. The third kappa shape index (κ3) is 3.67. The van der Waals surface area contributed by atoms with E-state index in [1.165, 1.54) is 0 Å². The Kier molecular flexibility index (Phi) is 5.20. The Bertz CT molecular complexity index is 814. The molecule has 0 spiro atoms. The molecule has 0 unspecified atom stereocenters. The van der Waals surface area contributed by atoms with Crippen LogP contribution in [0.25, 0.3) is 0 Å². The molecule has 5 amide bonds. The zero-order valence-corrected chi connectivity index (χ0v) is 14.7. The highest BCUT2D eigenvalue weighted by atomic mass is 19.1. The van der Waals surface area contributed by atoms with Crippen molar-refractivity contribution in [1.82, 2.24) is 9.80 Å². The largest absolute Gasteiger partial charge is 0.334 e. The van der Waals surface area contributed by atoms with Crippen LogP contribution in [0.4, 0.5) is 19.3 Å². The molecule has 7 nitrogen and oxygen atoms in total. The van der Waals surface area contributed by atoms with Gasteiger partial charge in [0.25, 0.3) is 0 Å². The van der Waals surface area contributed by atoms with Crippen molar-refractivity contribution < 1.29 is 28.0 Å². The molecule has 3 rings (SSSR count). The molecule has 2 fully saturated rings. The van der Waals surface area contributed by atoms with Crippen molar-refractivity contribution in [3.8, 4) is 0 Å². The second kappa shape index (κ2) is 7.42. The first-order valence-electron chi connectivity index (χ1n) is 8.73. The molecule has 0 aromatic heterocycles. The Balaban J connectivity index is 1.71. The predicted molar refractivity (Wildman–Crippen MR) is 90.4 cm³/mol. The summed E-state index contributed by atoms with van der Waals surface area (Å²) >= 11 is 0. The first-order valence-corrected chi connectivity index (χ1v) is 8.73. The summed E-state index contributed by atoms with van der Waals surface area (Å²) in [5, 5.41) is 2.17. The molecular weight excluding hydrogens is 360 g/mol.